The second-order valence-corrected chi connectivity index (χ2v) is 5.24. The molecule has 106 valence electrons. The highest BCUT2D eigenvalue weighted by Crippen LogP contribution is 2.21. The second-order valence-electron chi connectivity index (χ2n) is 5.24. The summed E-state index contributed by atoms with van der Waals surface area (Å²) in [4.78, 5) is 11.6. The summed E-state index contributed by atoms with van der Waals surface area (Å²) >= 11 is 0. The Morgan fingerprint density at radius 1 is 1.37 bits per heavy atom. The molecular formula is C15H24N2O2. The topological polar surface area (TPSA) is 64.4 Å². The van der Waals surface area contributed by atoms with Crippen LogP contribution in [0.25, 0.3) is 0 Å². The van der Waals surface area contributed by atoms with E-state index in [1.54, 1.807) is 0 Å². The molecule has 0 aromatic heterocycles. The second kappa shape index (κ2) is 7.14. The first-order chi connectivity index (χ1) is 8.88. The average Bonchev–Trinajstić information content (AvgIpc) is 2.26. The number of hydrogen-bond acceptors (Lipinski definition) is 3. The molecule has 3 N–H and O–H groups in total. The molecule has 1 atom stereocenters. The first-order valence-corrected chi connectivity index (χ1v) is 6.67. The van der Waals surface area contributed by atoms with Gasteiger partial charge in [0.2, 0.25) is 5.91 Å². The monoisotopic (exact) mass is 264 g/mol. The van der Waals surface area contributed by atoms with Gasteiger partial charge in [0.1, 0.15) is 5.75 Å². The fourth-order valence-electron chi connectivity index (χ4n) is 1.73. The van der Waals surface area contributed by atoms with Crippen LogP contribution in [-0.2, 0) is 11.3 Å². The Bertz CT molecular complexity index is 428. The molecule has 0 spiro atoms. The van der Waals surface area contributed by atoms with Crippen molar-refractivity contribution in [1.29, 1.82) is 0 Å². The number of nitrogens with one attached hydrogen (secondary N) is 1. The van der Waals surface area contributed by atoms with Gasteiger partial charge in [0.25, 0.3) is 0 Å². The number of carbonyl (C=O) groups excluding carboxylic acids is 1. The number of ether oxygens (including phenoxy) is 1. The normalized spacial score (nSPS) is 12.3. The van der Waals surface area contributed by atoms with Gasteiger partial charge >= 0.3 is 0 Å². The Labute approximate surface area is 115 Å². The molecule has 0 saturated heterocycles. The molecule has 0 heterocycles. The van der Waals surface area contributed by atoms with Crippen molar-refractivity contribution in [3.63, 3.8) is 0 Å². The molecule has 0 aliphatic rings. The molecule has 1 amide bonds. The first-order valence-electron chi connectivity index (χ1n) is 6.67. The lowest BCUT2D eigenvalue weighted by atomic mass is 10.1. The maximum Gasteiger partial charge on any atom is 0.221 e. The van der Waals surface area contributed by atoms with E-state index < -0.39 is 0 Å². The Kier molecular flexibility index (Phi) is 5.83. The van der Waals surface area contributed by atoms with E-state index in [0.29, 0.717) is 13.0 Å². The fourth-order valence-corrected chi connectivity index (χ4v) is 1.73. The van der Waals surface area contributed by atoms with Gasteiger partial charge in [-0.05, 0) is 39.3 Å². The van der Waals surface area contributed by atoms with Gasteiger partial charge in [0, 0.05) is 24.6 Å². The SMILES string of the molecule is Cc1ccc(CNC(=O)CC(C)N)c(OC(C)C)c1. The smallest absolute Gasteiger partial charge is 0.221 e. The molecule has 1 aromatic rings. The lowest BCUT2D eigenvalue weighted by Crippen LogP contribution is -2.29. The average molecular weight is 264 g/mol. The van der Waals surface area contributed by atoms with Gasteiger partial charge in [-0.3, -0.25) is 4.79 Å². The molecule has 19 heavy (non-hydrogen) atoms. The molecule has 4 nitrogen and oxygen atoms in total. The molecule has 4 heteroatoms. The maximum atomic E-state index is 11.6. The third-order valence-corrected chi connectivity index (χ3v) is 2.57. The number of benzene rings is 1. The largest absolute Gasteiger partial charge is 0.491 e. The van der Waals surface area contributed by atoms with Crippen LogP contribution in [0.2, 0.25) is 0 Å². The molecule has 0 aliphatic carbocycles. The van der Waals surface area contributed by atoms with Gasteiger partial charge in [-0.1, -0.05) is 12.1 Å². The summed E-state index contributed by atoms with van der Waals surface area (Å²) < 4.78 is 5.76. The summed E-state index contributed by atoms with van der Waals surface area (Å²) in [7, 11) is 0. The van der Waals surface area contributed by atoms with Crippen molar-refractivity contribution >= 4 is 5.91 Å². The van der Waals surface area contributed by atoms with E-state index in [4.69, 9.17) is 10.5 Å². The van der Waals surface area contributed by atoms with E-state index in [-0.39, 0.29) is 18.1 Å². The highest BCUT2D eigenvalue weighted by atomic mass is 16.5. The van der Waals surface area contributed by atoms with Crippen LogP contribution < -0.4 is 15.8 Å². The number of nitrogens with two attached hydrogens (primary N) is 1. The standard InChI is InChI=1S/C15H24N2O2/c1-10(2)19-14-7-11(3)5-6-13(14)9-17-15(18)8-12(4)16/h5-7,10,12H,8-9,16H2,1-4H3,(H,17,18). The minimum atomic E-state index is -0.121. The summed E-state index contributed by atoms with van der Waals surface area (Å²) in [5, 5.41) is 2.86. The number of rotatable bonds is 6. The molecule has 1 rings (SSSR count). The van der Waals surface area contributed by atoms with Gasteiger partial charge in [-0.15, -0.1) is 0 Å². The van der Waals surface area contributed by atoms with Gasteiger partial charge in [-0.2, -0.15) is 0 Å². The third kappa shape index (κ3) is 5.75. The van der Waals surface area contributed by atoms with Crippen molar-refractivity contribution < 1.29 is 9.53 Å². The summed E-state index contributed by atoms with van der Waals surface area (Å²) in [5.74, 6) is 0.794. The van der Waals surface area contributed by atoms with Crippen LogP contribution in [0.15, 0.2) is 18.2 Å². The number of amides is 1. The summed E-state index contributed by atoms with van der Waals surface area (Å²) in [5.41, 5.74) is 7.72. The van der Waals surface area contributed by atoms with E-state index in [9.17, 15) is 4.79 Å². The first kappa shape index (κ1) is 15.5. The summed E-state index contributed by atoms with van der Waals surface area (Å²) in [6, 6.07) is 5.87. The summed E-state index contributed by atoms with van der Waals surface area (Å²) in [6.07, 6.45) is 0.451. The van der Waals surface area contributed by atoms with Crippen LogP contribution in [0, 0.1) is 6.92 Å². The highest BCUT2D eigenvalue weighted by Gasteiger charge is 2.09. The van der Waals surface area contributed by atoms with Crippen molar-refractivity contribution in [2.24, 2.45) is 5.73 Å². The minimum absolute atomic E-state index is 0.0360. The molecular weight excluding hydrogens is 240 g/mol. The van der Waals surface area contributed by atoms with Crippen LogP contribution >= 0.6 is 0 Å². The highest BCUT2D eigenvalue weighted by molar-refractivity contribution is 5.76. The van der Waals surface area contributed by atoms with Crippen molar-refractivity contribution in [3.8, 4) is 5.75 Å². The molecule has 0 aliphatic heterocycles. The lowest BCUT2D eigenvalue weighted by Gasteiger charge is -2.15. The quantitative estimate of drug-likeness (QED) is 0.827. The van der Waals surface area contributed by atoms with E-state index in [0.717, 1.165) is 16.9 Å². The molecule has 1 aromatic carbocycles. The van der Waals surface area contributed by atoms with Crippen molar-refractivity contribution in [3.05, 3.63) is 29.3 Å². The van der Waals surface area contributed by atoms with Crippen molar-refractivity contribution in [1.82, 2.24) is 5.32 Å². The third-order valence-electron chi connectivity index (χ3n) is 2.57. The summed E-state index contributed by atoms with van der Waals surface area (Å²) in [6.45, 7) is 8.28. The van der Waals surface area contributed by atoms with E-state index in [2.05, 4.69) is 5.32 Å². The molecule has 0 saturated carbocycles. The van der Waals surface area contributed by atoms with Gasteiger partial charge < -0.3 is 15.8 Å². The van der Waals surface area contributed by atoms with Crippen molar-refractivity contribution in [2.75, 3.05) is 0 Å². The Hall–Kier alpha value is -1.55. The zero-order valence-electron chi connectivity index (χ0n) is 12.2. The zero-order valence-corrected chi connectivity index (χ0v) is 12.2. The number of carbonyl (C=O) groups is 1. The molecule has 1 unspecified atom stereocenters. The van der Waals surface area contributed by atoms with Gasteiger partial charge in [0.15, 0.2) is 0 Å². The number of aryl methyl sites for hydroxylation is 1. The fraction of sp³-hybridized carbons (Fsp3) is 0.533. The maximum absolute atomic E-state index is 11.6. The Morgan fingerprint density at radius 3 is 2.63 bits per heavy atom. The zero-order chi connectivity index (χ0) is 14.4. The van der Waals surface area contributed by atoms with Crippen LogP contribution in [-0.4, -0.2) is 18.1 Å². The minimum Gasteiger partial charge on any atom is -0.491 e. The predicted molar refractivity (Wildman–Crippen MR) is 77.1 cm³/mol. The van der Waals surface area contributed by atoms with E-state index in [1.807, 2.05) is 45.9 Å². The van der Waals surface area contributed by atoms with Gasteiger partial charge in [-0.25, -0.2) is 0 Å². The molecule has 0 radical (unpaired) electrons. The van der Waals surface area contributed by atoms with Crippen LogP contribution in [0.1, 0.15) is 38.3 Å². The Morgan fingerprint density at radius 2 is 2.05 bits per heavy atom. The molecule has 0 fully saturated rings. The van der Waals surface area contributed by atoms with E-state index in [1.165, 1.54) is 0 Å². The predicted octanol–water partition coefficient (Wildman–Crippen LogP) is 2.14. The van der Waals surface area contributed by atoms with Crippen LogP contribution in [0.3, 0.4) is 0 Å². The lowest BCUT2D eigenvalue weighted by molar-refractivity contribution is -0.121. The van der Waals surface area contributed by atoms with Crippen molar-refractivity contribution in [2.45, 2.75) is 52.8 Å². The molecule has 0 bridgehead atoms. The van der Waals surface area contributed by atoms with Crippen LogP contribution in [0.5, 0.6) is 5.75 Å². The van der Waals surface area contributed by atoms with Gasteiger partial charge in [0.05, 0.1) is 6.10 Å². The Balaban J connectivity index is 2.69. The van der Waals surface area contributed by atoms with E-state index >= 15 is 0 Å². The van der Waals surface area contributed by atoms with Crippen LogP contribution in [0.4, 0.5) is 0 Å². The number of hydrogen-bond donors (Lipinski definition) is 2.